The molecule has 3 aliphatic rings. The summed E-state index contributed by atoms with van der Waals surface area (Å²) < 4.78 is 28.6. The number of hydrogen-bond donors (Lipinski definition) is 1. The average molecular weight is 551 g/mol. The van der Waals surface area contributed by atoms with Crippen LogP contribution in [0.3, 0.4) is 0 Å². The third-order valence-electron chi connectivity index (χ3n) is 8.30. The Hall–Kier alpha value is -3.21. The van der Waals surface area contributed by atoms with Crippen LogP contribution in [-0.2, 0) is 47.7 Å². The first-order valence-corrected chi connectivity index (χ1v) is 13.0. The number of aliphatic hydroxyl groups is 1. The van der Waals surface area contributed by atoms with E-state index in [9.17, 15) is 29.1 Å². The van der Waals surface area contributed by atoms with Crippen LogP contribution in [0.15, 0.2) is 23.8 Å². The number of esters is 5. The van der Waals surface area contributed by atoms with E-state index in [2.05, 4.69) is 6.58 Å². The highest BCUT2D eigenvalue weighted by Crippen LogP contribution is 2.56. The summed E-state index contributed by atoms with van der Waals surface area (Å²) in [5, 5.41) is 12.3. The minimum absolute atomic E-state index is 0.0546. The predicted molar refractivity (Wildman–Crippen MR) is 135 cm³/mol. The summed E-state index contributed by atoms with van der Waals surface area (Å²) >= 11 is 0. The second kappa shape index (κ2) is 11.1. The van der Waals surface area contributed by atoms with E-state index in [1.807, 2.05) is 0 Å². The van der Waals surface area contributed by atoms with Crippen molar-refractivity contribution in [1.29, 1.82) is 0 Å². The monoisotopic (exact) mass is 550 g/mol. The molecule has 1 saturated carbocycles. The van der Waals surface area contributed by atoms with Crippen molar-refractivity contribution < 1.29 is 52.8 Å². The molecule has 0 aromatic carbocycles. The Morgan fingerprint density at radius 2 is 1.51 bits per heavy atom. The normalized spacial score (nSPS) is 39.6. The van der Waals surface area contributed by atoms with Gasteiger partial charge in [0.1, 0.15) is 24.4 Å². The lowest BCUT2D eigenvalue weighted by Crippen LogP contribution is -2.66. The van der Waals surface area contributed by atoms with Crippen LogP contribution in [0.25, 0.3) is 0 Å². The van der Waals surface area contributed by atoms with E-state index in [1.54, 1.807) is 13.8 Å². The second-order valence-electron chi connectivity index (χ2n) is 11.0. The van der Waals surface area contributed by atoms with Crippen molar-refractivity contribution in [2.24, 2.45) is 17.3 Å². The highest BCUT2D eigenvalue weighted by Gasteiger charge is 2.67. The average Bonchev–Trinajstić information content (AvgIpc) is 3.01. The van der Waals surface area contributed by atoms with Crippen LogP contribution in [-0.4, -0.2) is 71.1 Å². The van der Waals surface area contributed by atoms with Gasteiger partial charge in [0.05, 0.1) is 11.3 Å². The molecule has 11 heteroatoms. The lowest BCUT2D eigenvalue weighted by molar-refractivity contribution is -0.221. The largest absolute Gasteiger partial charge is 0.462 e. The van der Waals surface area contributed by atoms with Gasteiger partial charge < -0.3 is 28.8 Å². The minimum atomic E-state index is -2.10. The van der Waals surface area contributed by atoms with Gasteiger partial charge in [0, 0.05) is 40.0 Å². The van der Waals surface area contributed by atoms with Crippen molar-refractivity contribution in [3.05, 3.63) is 23.8 Å². The Bertz CT molecular complexity index is 1090. The fraction of sp³-hybridized carbons (Fsp3) is 0.679. The maximum absolute atomic E-state index is 12.9. The number of ether oxygens (including phenoxy) is 5. The van der Waals surface area contributed by atoms with Crippen LogP contribution in [0.1, 0.15) is 67.7 Å². The molecular weight excluding hydrogens is 512 g/mol. The fourth-order valence-electron chi connectivity index (χ4n) is 6.40. The van der Waals surface area contributed by atoms with Crippen LogP contribution in [0, 0.1) is 17.3 Å². The summed E-state index contributed by atoms with van der Waals surface area (Å²) in [6.45, 7) is 13.9. The van der Waals surface area contributed by atoms with E-state index >= 15 is 0 Å². The van der Waals surface area contributed by atoms with E-state index in [4.69, 9.17) is 23.7 Å². The van der Waals surface area contributed by atoms with Crippen LogP contribution in [0.4, 0.5) is 0 Å². The Labute approximate surface area is 227 Å². The van der Waals surface area contributed by atoms with Crippen LogP contribution in [0.5, 0.6) is 0 Å². The van der Waals surface area contributed by atoms with Crippen molar-refractivity contribution in [3.63, 3.8) is 0 Å². The Morgan fingerprint density at radius 1 is 0.974 bits per heavy atom. The van der Waals surface area contributed by atoms with E-state index < -0.39 is 83.2 Å². The zero-order valence-electron chi connectivity index (χ0n) is 23.5. The molecular formula is C28H38O11. The lowest BCUT2D eigenvalue weighted by Gasteiger charge is -2.55. The van der Waals surface area contributed by atoms with E-state index in [0.717, 1.165) is 0 Å². The Balaban J connectivity index is 2.41. The van der Waals surface area contributed by atoms with Crippen LogP contribution >= 0.6 is 0 Å². The third kappa shape index (κ3) is 5.59. The maximum atomic E-state index is 12.9. The molecule has 9 atom stereocenters. The molecule has 3 rings (SSSR count). The second-order valence-corrected chi connectivity index (χ2v) is 11.0. The first kappa shape index (κ1) is 30.3. The van der Waals surface area contributed by atoms with E-state index in [-0.39, 0.29) is 6.42 Å². The van der Waals surface area contributed by atoms with Crippen molar-refractivity contribution in [2.75, 3.05) is 0 Å². The molecule has 1 saturated heterocycles. The molecule has 2 fully saturated rings. The molecule has 1 N–H and O–H groups in total. The first-order valence-electron chi connectivity index (χ1n) is 13.0. The highest BCUT2D eigenvalue weighted by atomic mass is 16.6. The standard InChI is InChI=1S/C28H38O11/c1-13-9-10-21(36-17(5)30)27(8)22(37-18(6)31)12-20(35-16(4)29)14(2)11-23-28(34,15(3)26(33)39-23)25(24(13)27)38-19(7)32/h11,15,20-25,34H,1,9-10,12H2,2-8H3/b14-11-/t15-,20+,21-,22-,23-,24-,25-,27-,28+/m0/s1. The molecule has 216 valence electrons. The molecule has 39 heavy (non-hydrogen) atoms. The molecule has 1 heterocycles. The molecule has 0 spiro atoms. The third-order valence-corrected chi connectivity index (χ3v) is 8.30. The van der Waals surface area contributed by atoms with Crippen molar-refractivity contribution in [2.45, 2.75) is 104 Å². The number of carbonyl (C=O) groups excluding carboxylic acids is 5. The van der Waals surface area contributed by atoms with Gasteiger partial charge in [-0.3, -0.25) is 24.0 Å². The van der Waals surface area contributed by atoms with E-state index in [0.29, 0.717) is 24.0 Å². The van der Waals surface area contributed by atoms with Gasteiger partial charge in [-0.1, -0.05) is 19.1 Å². The quantitative estimate of drug-likeness (QED) is 0.312. The smallest absolute Gasteiger partial charge is 0.312 e. The zero-order valence-corrected chi connectivity index (χ0v) is 23.5. The van der Waals surface area contributed by atoms with Gasteiger partial charge in [0.25, 0.3) is 0 Å². The van der Waals surface area contributed by atoms with Gasteiger partial charge in [-0.05, 0) is 38.3 Å². The van der Waals surface area contributed by atoms with Gasteiger partial charge >= 0.3 is 29.8 Å². The topological polar surface area (TPSA) is 152 Å². The SMILES string of the molecule is C=C1CC[C@H](OC(C)=O)[C@@]2(C)[C@@H](OC(C)=O)C[C@@H](OC(C)=O)/C(C)=C\[C@@H]3OC(=O)[C@H](C)[C@]3(O)[C@@H](OC(C)=O)[C@H]12. The Kier molecular flexibility index (Phi) is 8.64. The summed E-state index contributed by atoms with van der Waals surface area (Å²) in [7, 11) is 0. The first-order chi connectivity index (χ1) is 18.0. The number of rotatable bonds is 4. The fourth-order valence-corrected chi connectivity index (χ4v) is 6.40. The summed E-state index contributed by atoms with van der Waals surface area (Å²) in [5.74, 6) is -5.42. The van der Waals surface area contributed by atoms with Crippen molar-refractivity contribution in [1.82, 2.24) is 0 Å². The van der Waals surface area contributed by atoms with Gasteiger partial charge in [0.15, 0.2) is 11.7 Å². The van der Waals surface area contributed by atoms with Gasteiger partial charge in [0.2, 0.25) is 0 Å². The molecule has 1 aliphatic heterocycles. The number of carbonyl (C=O) groups is 5. The molecule has 0 unspecified atom stereocenters. The molecule has 0 bridgehead atoms. The number of hydrogen-bond acceptors (Lipinski definition) is 11. The number of fused-ring (bicyclic) bond motifs is 2. The predicted octanol–water partition coefficient (Wildman–Crippen LogP) is 2.33. The molecule has 0 radical (unpaired) electrons. The molecule has 0 amide bonds. The summed E-state index contributed by atoms with van der Waals surface area (Å²) in [6.07, 6.45) is -3.56. The van der Waals surface area contributed by atoms with Crippen molar-refractivity contribution in [3.8, 4) is 0 Å². The van der Waals surface area contributed by atoms with Gasteiger partial charge in [-0.25, -0.2) is 0 Å². The highest BCUT2D eigenvalue weighted by molar-refractivity contribution is 5.78. The van der Waals surface area contributed by atoms with Gasteiger partial charge in [-0.2, -0.15) is 0 Å². The molecule has 0 aromatic rings. The summed E-state index contributed by atoms with van der Waals surface area (Å²) in [5.41, 5.74) is -2.51. The van der Waals surface area contributed by atoms with Crippen molar-refractivity contribution >= 4 is 29.8 Å². The minimum Gasteiger partial charge on any atom is -0.462 e. The lowest BCUT2D eigenvalue weighted by atomic mass is 9.54. The summed E-state index contributed by atoms with van der Waals surface area (Å²) in [6, 6.07) is 0. The van der Waals surface area contributed by atoms with Crippen LogP contribution in [0.2, 0.25) is 0 Å². The molecule has 11 nitrogen and oxygen atoms in total. The van der Waals surface area contributed by atoms with Crippen LogP contribution < -0.4 is 0 Å². The maximum Gasteiger partial charge on any atom is 0.312 e. The van der Waals surface area contributed by atoms with E-state index in [1.165, 1.54) is 40.7 Å². The molecule has 2 aliphatic carbocycles. The van der Waals surface area contributed by atoms with Gasteiger partial charge in [-0.15, -0.1) is 0 Å². The zero-order chi connectivity index (χ0) is 29.4. The Morgan fingerprint density at radius 3 is 2.05 bits per heavy atom. The summed E-state index contributed by atoms with van der Waals surface area (Å²) in [4.78, 5) is 62.1. The molecule has 0 aromatic heterocycles.